The first-order valence-electron chi connectivity index (χ1n) is 12.5. The van der Waals surface area contributed by atoms with Crippen LogP contribution in [0.3, 0.4) is 0 Å². The number of allylic oxidation sites excluding steroid dienone is 2. The summed E-state index contributed by atoms with van der Waals surface area (Å²) in [7, 11) is 2.07. The minimum Gasteiger partial charge on any atom is -0.375 e. The molecule has 0 bridgehead atoms. The zero-order valence-electron chi connectivity index (χ0n) is 18.6. The summed E-state index contributed by atoms with van der Waals surface area (Å²) in [6.07, 6.45) is 19.7. The van der Waals surface area contributed by atoms with Crippen LogP contribution < -0.4 is 10.6 Å². The van der Waals surface area contributed by atoms with Crippen LogP contribution in [0.2, 0.25) is 0 Å². The van der Waals surface area contributed by atoms with Crippen molar-refractivity contribution in [3.05, 3.63) is 12.2 Å². The molecule has 4 nitrogen and oxygen atoms in total. The molecule has 4 fully saturated rings. The molecule has 5 atom stereocenters. The Morgan fingerprint density at radius 1 is 0.966 bits per heavy atom. The monoisotopic (exact) mass is 402 g/mol. The highest BCUT2D eigenvalue weighted by Crippen LogP contribution is 2.41. The van der Waals surface area contributed by atoms with E-state index in [0.717, 1.165) is 31.6 Å². The fourth-order valence-corrected chi connectivity index (χ4v) is 6.64. The van der Waals surface area contributed by atoms with Crippen molar-refractivity contribution in [2.45, 2.75) is 108 Å². The summed E-state index contributed by atoms with van der Waals surface area (Å²) in [5, 5.41) is 7.21. The maximum absolute atomic E-state index is 12.7. The van der Waals surface area contributed by atoms with E-state index in [0.29, 0.717) is 42.0 Å². The van der Waals surface area contributed by atoms with E-state index in [2.05, 4.69) is 30.7 Å². The molecular formula is C25H42N2O2. The van der Waals surface area contributed by atoms with Crippen LogP contribution in [0.4, 0.5) is 0 Å². The van der Waals surface area contributed by atoms with E-state index in [1.54, 1.807) is 0 Å². The number of rotatable bonds is 6. The first-order chi connectivity index (χ1) is 14.2. The SMILES string of the molecule is CNC1NC(C)C2CCCC(OC3CCC(C(=O)C=CC4CCCCC4)CC3)C12. The molecule has 0 spiro atoms. The van der Waals surface area contributed by atoms with Crippen LogP contribution in [0.5, 0.6) is 0 Å². The topological polar surface area (TPSA) is 50.4 Å². The van der Waals surface area contributed by atoms with Crippen LogP contribution in [0.1, 0.15) is 84.0 Å². The molecule has 0 amide bonds. The number of fused-ring (bicyclic) bond motifs is 1. The van der Waals surface area contributed by atoms with Crippen molar-refractivity contribution in [3.63, 3.8) is 0 Å². The molecule has 5 unspecified atom stereocenters. The Morgan fingerprint density at radius 3 is 2.45 bits per heavy atom. The first-order valence-corrected chi connectivity index (χ1v) is 12.5. The minimum atomic E-state index is 0.229. The van der Waals surface area contributed by atoms with Gasteiger partial charge < -0.3 is 10.1 Å². The van der Waals surface area contributed by atoms with Gasteiger partial charge in [-0.15, -0.1) is 0 Å². The summed E-state index contributed by atoms with van der Waals surface area (Å²) in [5.74, 6) is 2.56. The van der Waals surface area contributed by atoms with Gasteiger partial charge in [0.25, 0.3) is 0 Å². The van der Waals surface area contributed by atoms with Crippen LogP contribution in [0.15, 0.2) is 12.2 Å². The molecule has 0 aromatic rings. The smallest absolute Gasteiger partial charge is 0.158 e. The summed E-state index contributed by atoms with van der Waals surface area (Å²) in [4.78, 5) is 12.7. The second-order valence-corrected chi connectivity index (χ2v) is 10.2. The molecular weight excluding hydrogens is 360 g/mol. The molecule has 3 saturated carbocycles. The number of ketones is 1. The van der Waals surface area contributed by atoms with Gasteiger partial charge in [0.2, 0.25) is 0 Å². The predicted octanol–water partition coefficient (Wildman–Crippen LogP) is 4.59. The predicted molar refractivity (Wildman–Crippen MR) is 118 cm³/mol. The first kappa shape index (κ1) is 21.5. The molecule has 29 heavy (non-hydrogen) atoms. The van der Waals surface area contributed by atoms with Gasteiger partial charge in [-0.25, -0.2) is 0 Å². The summed E-state index contributed by atoms with van der Waals surface area (Å²) in [6, 6.07) is 0.577. The summed E-state index contributed by atoms with van der Waals surface area (Å²) < 4.78 is 6.70. The van der Waals surface area contributed by atoms with Crippen molar-refractivity contribution >= 4 is 5.78 Å². The fourth-order valence-electron chi connectivity index (χ4n) is 6.64. The second kappa shape index (κ2) is 10.1. The number of ether oxygens (including phenoxy) is 1. The molecule has 4 rings (SSSR count). The van der Waals surface area contributed by atoms with Crippen molar-refractivity contribution in [2.75, 3.05) is 7.05 Å². The van der Waals surface area contributed by atoms with E-state index in [9.17, 15) is 4.79 Å². The van der Waals surface area contributed by atoms with Gasteiger partial charge in [0, 0.05) is 17.9 Å². The van der Waals surface area contributed by atoms with Crippen LogP contribution in [-0.2, 0) is 9.53 Å². The highest BCUT2D eigenvalue weighted by atomic mass is 16.5. The molecule has 3 aliphatic carbocycles. The molecule has 1 heterocycles. The zero-order valence-corrected chi connectivity index (χ0v) is 18.6. The second-order valence-electron chi connectivity index (χ2n) is 10.2. The number of nitrogens with one attached hydrogen (secondary N) is 2. The van der Waals surface area contributed by atoms with Gasteiger partial charge in [-0.05, 0) is 83.2 Å². The van der Waals surface area contributed by atoms with E-state index in [-0.39, 0.29) is 5.92 Å². The van der Waals surface area contributed by atoms with Crippen molar-refractivity contribution < 1.29 is 9.53 Å². The number of hydrogen-bond donors (Lipinski definition) is 2. The van der Waals surface area contributed by atoms with Crippen LogP contribution >= 0.6 is 0 Å². The molecule has 2 N–H and O–H groups in total. The molecule has 0 radical (unpaired) electrons. The van der Waals surface area contributed by atoms with E-state index in [4.69, 9.17) is 4.74 Å². The van der Waals surface area contributed by atoms with E-state index >= 15 is 0 Å². The third kappa shape index (κ3) is 5.14. The van der Waals surface area contributed by atoms with Gasteiger partial charge >= 0.3 is 0 Å². The molecule has 0 aromatic heterocycles. The Bertz CT molecular complexity index is 563. The molecule has 164 valence electrons. The van der Waals surface area contributed by atoms with Crippen LogP contribution in [0.25, 0.3) is 0 Å². The van der Waals surface area contributed by atoms with Crippen molar-refractivity contribution in [1.29, 1.82) is 0 Å². The van der Waals surface area contributed by atoms with Gasteiger partial charge in [0.1, 0.15) is 0 Å². The van der Waals surface area contributed by atoms with Gasteiger partial charge in [-0.3, -0.25) is 10.1 Å². The fraction of sp³-hybridized carbons (Fsp3) is 0.880. The number of carbonyl (C=O) groups excluding carboxylic acids is 1. The molecule has 1 saturated heterocycles. The lowest BCUT2D eigenvalue weighted by atomic mass is 9.75. The lowest BCUT2D eigenvalue weighted by Gasteiger charge is -2.40. The molecule has 1 aliphatic heterocycles. The highest BCUT2D eigenvalue weighted by Gasteiger charge is 2.47. The molecule has 4 aliphatic rings. The van der Waals surface area contributed by atoms with Gasteiger partial charge in [0.05, 0.1) is 18.4 Å². The van der Waals surface area contributed by atoms with E-state index in [1.165, 1.54) is 51.4 Å². The highest BCUT2D eigenvalue weighted by molar-refractivity contribution is 5.91. The lowest BCUT2D eigenvalue weighted by molar-refractivity contribution is -0.122. The van der Waals surface area contributed by atoms with E-state index < -0.39 is 0 Å². The Balaban J connectivity index is 1.25. The standard InChI is InChI=1S/C25H42N2O2/c1-17-21-9-6-10-23(24(21)25(26-2)27-17)29-20-14-12-19(13-15-20)22(28)16-11-18-7-4-3-5-8-18/h11,16-21,23-27H,3-10,12-15H2,1-2H3. The Morgan fingerprint density at radius 2 is 1.72 bits per heavy atom. The Labute approximate surface area is 177 Å². The molecule has 4 heteroatoms. The minimum absolute atomic E-state index is 0.229. The number of hydrogen-bond acceptors (Lipinski definition) is 4. The maximum atomic E-state index is 12.7. The maximum Gasteiger partial charge on any atom is 0.158 e. The summed E-state index contributed by atoms with van der Waals surface area (Å²) in [5.41, 5.74) is 0. The van der Waals surface area contributed by atoms with Gasteiger partial charge in [-0.1, -0.05) is 31.8 Å². The zero-order chi connectivity index (χ0) is 20.2. The summed E-state index contributed by atoms with van der Waals surface area (Å²) >= 11 is 0. The number of carbonyl (C=O) groups is 1. The quantitative estimate of drug-likeness (QED) is 0.638. The average Bonchev–Trinajstić information content (AvgIpc) is 3.10. The van der Waals surface area contributed by atoms with Crippen LogP contribution in [-0.4, -0.2) is 37.2 Å². The van der Waals surface area contributed by atoms with Crippen molar-refractivity contribution in [3.8, 4) is 0 Å². The van der Waals surface area contributed by atoms with Gasteiger partial charge in [0.15, 0.2) is 5.78 Å². The molecule has 0 aromatic carbocycles. The average molecular weight is 403 g/mol. The Hall–Kier alpha value is -0.710. The third-order valence-corrected chi connectivity index (χ3v) is 8.36. The normalized spacial score (nSPS) is 41.5. The van der Waals surface area contributed by atoms with Gasteiger partial charge in [-0.2, -0.15) is 0 Å². The van der Waals surface area contributed by atoms with Crippen molar-refractivity contribution in [1.82, 2.24) is 10.6 Å². The van der Waals surface area contributed by atoms with Crippen molar-refractivity contribution in [2.24, 2.45) is 23.7 Å². The largest absolute Gasteiger partial charge is 0.375 e. The lowest BCUT2D eigenvalue weighted by Crippen LogP contribution is -2.47. The Kier molecular flexibility index (Phi) is 7.47. The summed E-state index contributed by atoms with van der Waals surface area (Å²) in [6.45, 7) is 2.33. The third-order valence-electron chi connectivity index (χ3n) is 8.36. The van der Waals surface area contributed by atoms with Crippen LogP contribution in [0, 0.1) is 23.7 Å². The van der Waals surface area contributed by atoms with E-state index in [1.807, 2.05) is 6.08 Å².